The van der Waals surface area contributed by atoms with Crippen molar-refractivity contribution in [3.8, 4) is 0 Å². The lowest BCUT2D eigenvalue weighted by Gasteiger charge is -2.39. The Hall–Kier alpha value is -0.610. The Kier molecular flexibility index (Phi) is 3.13. The summed E-state index contributed by atoms with van der Waals surface area (Å²) in [6.07, 6.45) is 7.06. The van der Waals surface area contributed by atoms with E-state index in [2.05, 4.69) is 6.92 Å². The highest BCUT2D eigenvalue weighted by molar-refractivity contribution is 5.77. The van der Waals surface area contributed by atoms with E-state index in [1.54, 1.807) is 0 Å². The molecule has 1 amide bonds. The van der Waals surface area contributed by atoms with E-state index in [0.717, 1.165) is 45.4 Å². The zero-order chi connectivity index (χ0) is 14.7. The monoisotopic (exact) mass is 293 g/mol. The van der Waals surface area contributed by atoms with E-state index < -0.39 is 0 Å². The second kappa shape index (κ2) is 4.69. The van der Waals surface area contributed by atoms with Crippen LogP contribution >= 0.6 is 0 Å². The summed E-state index contributed by atoms with van der Waals surface area (Å²) in [5, 5.41) is 10.7. The lowest BCUT2D eigenvalue weighted by Crippen LogP contribution is -2.48. The fraction of sp³-hybridized carbons (Fsp3) is 0.941. The second-order valence-corrected chi connectivity index (χ2v) is 8.28. The maximum atomic E-state index is 12.7. The van der Waals surface area contributed by atoms with Crippen LogP contribution in [0.2, 0.25) is 0 Å². The zero-order valence-electron chi connectivity index (χ0n) is 13.0. The van der Waals surface area contributed by atoms with Gasteiger partial charge in [-0.1, -0.05) is 6.92 Å². The van der Waals surface area contributed by atoms with Gasteiger partial charge in [0.05, 0.1) is 25.4 Å². The topological polar surface area (TPSA) is 49.8 Å². The van der Waals surface area contributed by atoms with E-state index in [1.807, 2.05) is 4.90 Å². The molecule has 4 heteroatoms. The predicted octanol–water partition coefficient (Wildman–Crippen LogP) is 1.96. The summed E-state index contributed by atoms with van der Waals surface area (Å²) in [6.45, 7) is 4.64. The van der Waals surface area contributed by atoms with Gasteiger partial charge in [0.1, 0.15) is 0 Å². The number of ether oxygens (including phenoxy) is 1. The van der Waals surface area contributed by atoms with E-state index in [4.69, 9.17) is 4.74 Å². The summed E-state index contributed by atoms with van der Waals surface area (Å²) >= 11 is 0. The molecule has 4 fully saturated rings. The van der Waals surface area contributed by atoms with Crippen molar-refractivity contribution < 1.29 is 14.6 Å². The van der Waals surface area contributed by atoms with E-state index in [0.29, 0.717) is 12.3 Å². The number of carbonyl (C=O) groups is 1. The molecule has 118 valence electrons. The molecule has 2 unspecified atom stereocenters. The van der Waals surface area contributed by atoms with Crippen LogP contribution in [0.4, 0.5) is 0 Å². The molecule has 2 atom stereocenters. The van der Waals surface area contributed by atoms with E-state index in [9.17, 15) is 9.90 Å². The number of amides is 1. The van der Waals surface area contributed by atoms with Crippen molar-refractivity contribution in [2.45, 2.75) is 64.0 Å². The first-order valence-corrected chi connectivity index (χ1v) is 8.58. The molecular weight excluding hydrogens is 266 g/mol. The van der Waals surface area contributed by atoms with Crippen LogP contribution in [0.1, 0.15) is 51.9 Å². The Balaban J connectivity index is 1.41. The number of carbonyl (C=O) groups excluding carboxylic acids is 1. The van der Waals surface area contributed by atoms with Crippen LogP contribution in [0.3, 0.4) is 0 Å². The summed E-state index contributed by atoms with van der Waals surface area (Å²) < 4.78 is 5.27. The van der Waals surface area contributed by atoms with Crippen molar-refractivity contribution in [2.75, 3.05) is 19.8 Å². The average Bonchev–Trinajstić information content (AvgIpc) is 3.30. The van der Waals surface area contributed by atoms with Gasteiger partial charge in [0.15, 0.2) is 0 Å². The zero-order valence-corrected chi connectivity index (χ0v) is 13.0. The quantitative estimate of drug-likeness (QED) is 0.843. The molecule has 2 aliphatic heterocycles. The third-order valence-electron chi connectivity index (χ3n) is 6.30. The lowest BCUT2D eigenvalue weighted by atomic mass is 9.83. The molecule has 4 nitrogen and oxygen atoms in total. The van der Waals surface area contributed by atoms with Crippen molar-refractivity contribution in [1.29, 1.82) is 0 Å². The Bertz CT molecular complexity index is 437. The molecule has 0 aromatic heterocycles. The predicted molar refractivity (Wildman–Crippen MR) is 78.7 cm³/mol. The van der Waals surface area contributed by atoms with E-state index in [1.165, 1.54) is 12.8 Å². The molecule has 2 heterocycles. The van der Waals surface area contributed by atoms with Crippen molar-refractivity contribution in [1.82, 2.24) is 4.90 Å². The van der Waals surface area contributed by atoms with E-state index in [-0.39, 0.29) is 28.9 Å². The molecule has 2 aliphatic carbocycles. The first kappa shape index (κ1) is 14.0. The second-order valence-electron chi connectivity index (χ2n) is 8.28. The molecule has 21 heavy (non-hydrogen) atoms. The highest BCUT2D eigenvalue weighted by Crippen LogP contribution is 2.59. The van der Waals surface area contributed by atoms with Crippen LogP contribution in [-0.4, -0.2) is 47.8 Å². The maximum Gasteiger partial charge on any atom is 0.222 e. The van der Waals surface area contributed by atoms with Crippen LogP contribution in [0.15, 0.2) is 0 Å². The van der Waals surface area contributed by atoms with Crippen LogP contribution in [0.5, 0.6) is 0 Å². The van der Waals surface area contributed by atoms with Gasteiger partial charge in [0, 0.05) is 18.4 Å². The molecule has 2 saturated carbocycles. The van der Waals surface area contributed by atoms with Gasteiger partial charge in [-0.3, -0.25) is 4.79 Å². The fourth-order valence-corrected chi connectivity index (χ4v) is 4.34. The van der Waals surface area contributed by atoms with Gasteiger partial charge < -0.3 is 14.7 Å². The molecule has 4 rings (SSSR count). The molecule has 0 aromatic rings. The molecule has 1 spiro atoms. The Morgan fingerprint density at radius 1 is 1.33 bits per heavy atom. The lowest BCUT2D eigenvalue weighted by molar-refractivity contribution is -0.140. The fourth-order valence-electron chi connectivity index (χ4n) is 4.34. The molecule has 0 bridgehead atoms. The standard InChI is InChI=1S/C17H27NO3/c1-16(10-21-11-16)5-4-13(19)18-9-8-17(6-7-17)15(18)14(20)12-2-3-12/h12,14-15,20H,2-11H2,1H3. The van der Waals surface area contributed by atoms with E-state index >= 15 is 0 Å². The van der Waals surface area contributed by atoms with Crippen molar-refractivity contribution >= 4 is 5.91 Å². The van der Waals surface area contributed by atoms with Gasteiger partial charge in [-0.05, 0) is 49.9 Å². The Morgan fingerprint density at radius 3 is 2.57 bits per heavy atom. The third-order valence-corrected chi connectivity index (χ3v) is 6.30. The number of aliphatic hydroxyl groups excluding tert-OH is 1. The number of hydrogen-bond donors (Lipinski definition) is 1. The van der Waals surface area contributed by atoms with Crippen LogP contribution in [-0.2, 0) is 9.53 Å². The van der Waals surface area contributed by atoms with Gasteiger partial charge in [0.25, 0.3) is 0 Å². The van der Waals surface area contributed by atoms with Gasteiger partial charge >= 0.3 is 0 Å². The minimum Gasteiger partial charge on any atom is -0.391 e. The SMILES string of the molecule is CC1(CCC(=O)N2CCC3(CC3)C2C(O)C2CC2)COC1. The highest BCUT2D eigenvalue weighted by atomic mass is 16.5. The molecule has 2 saturated heterocycles. The number of nitrogens with zero attached hydrogens (tertiary/aromatic N) is 1. The first-order chi connectivity index (χ1) is 10.0. The summed E-state index contributed by atoms with van der Waals surface area (Å²) in [7, 11) is 0. The van der Waals surface area contributed by atoms with Crippen LogP contribution in [0.25, 0.3) is 0 Å². The Labute approximate surface area is 126 Å². The molecule has 0 radical (unpaired) electrons. The van der Waals surface area contributed by atoms with Crippen LogP contribution < -0.4 is 0 Å². The summed E-state index contributed by atoms with van der Waals surface area (Å²) in [4.78, 5) is 14.7. The largest absolute Gasteiger partial charge is 0.391 e. The molecular formula is C17H27NO3. The highest BCUT2D eigenvalue weighted by Gasteiger charge is 2.60. The normalized spacial score (nSPS) is 33.8. The third kappa shape index (κ3) is 2.40. The van der Waals surface area contributed by atoms with Crippen molar-refractivity contribution in [3.05, 3.63) is 0 Å². The number of rotatable bonds is 5. The summed E-state index contributed by atoms with van der Waals surface area (Å²) in [5.74, 6) is 0.718. The molecule has 0 aromatic carbocycles. The first-order valence-electron chi connectivity index (χ1n) is 8.58. The maximum absolute atomic E-state index is 12.7. The number of hydrogen-bond acceptors (Lipinski definition) is 3. The summed E-state index contributed by atoms with van der Waals surface area (Å²) in [5.41, 5.74) is 0.485. The smallest absolute Gasteiger partial charge is 0.222 e. The number of likely N-dealkylation sites (tertiary alicyclic amines) is 1. The molecule has 4 aliphatic rings. The average molecular weight is 293 g/mol. The minimum absolute atomic E-state index is 0.114. The molecule has 1 N–H and O–H groups in total. The van der Waals surface area contributed by atoms with Gasteiger partial charge in [-0.15, -0.1) is 0 Å². The van der Waals surface area contributed by atoms with Crippen LogP contribution in [0, 0.1) is 16.7 Å². The van der Waals surface area contributed by atoms with Crippen molar-refractivity contribution in [2.24, 2.45) is 16.7 Å². The Morgan fingerprint density at radius 2 is 2.05 bits per heavy atom. The van der Waals surface area contributed by atoms with Gasteiger partial charge in [0.2, 0.25) is 5.91 Å². The van der Waals surface area contributed by atoms with Gasteiger partial charge in [-0.25, -0.2) is 0 Å². The van der Waals surface area contributed by atoms with Crippen molar-refractivity contribution in [3.63, 3.8) is 0 Å². The minimum atomic E-state index is -0.276. The summed E-state index contributed by atoms with van der Waals surface area (Å²) in [6, 6.07) is 0.114. The number of aliphatic hydroxyl groups is 1. The van der Waals surface area contributed by atoms with Gasteiger partial charge in [-0.2, -0.15) is 0 Å².